The second kappa shape index (κ2) is 6.20. The maximum atomic E-state index is 12.5. The molecule has 0 unspecified atom stereocenters. The van der Waals surface area contributed by atoms with Crippen LogP contribution in [0.4, 0.5) is 5.69 Å². The Morgan fingerprint density at radius 2 is 2.17 bits per heavy atom. The van der Waals surface area contributed by atoms with Crippen LogP contribution in [0.2, 0.25) is 0 Å². The molecule has 3 aromatic rings. The van der Waals surface area contributed by atoms with E-state index in [0.717, 1.165) is 11.8 Å². The molecule has 0 saturated carbocycles. The number of nitro groups is 1. The number of para-hydroxylation sites is 1. The van der Waals surface area contributed by atoms with Crippen LogP contribution in [0.3, 0.4) is 0 Å². The summed E-state index contributed by atoms with van der Waals surface area (Å²) in [6, 6.07) is 5.35. The lowest BCUT2D eigenvalue weighted by Crippen LogP contribution is -2.29. The third-order valence-corrected chi connectivity index (χ3v) is 3.69. The van der Waals surface area contributed by atoms with E-state index in [1.165, 1.54) is 21.8 Å². The minimum Gasteiger partial charge on any atom is -0.389 e. The molecule has 1 N–H and O–H groups in total. The van der Waals surface area contributed by atoms with Crippen molar-refractivity contribution in [2.24, 2.45) is 0 Å². The number of fused-ring (bicyclic) bond motifs is 1. The lowest BCUT2D eigenvalue weighted by molar-refractivity contribution is -0.385. The predicted molar refractivity (Wildman–Crippen MR) is 85.6 cm³/mol. The molecule has 0 aliphatic carbocycles. The zero-order valence-electron chi connectivity index (χ0n) is 12.9. The summed E-state index contributed by atoms with van der Waals surface area (Å²) in [5.41, 5.74) is 1.15. The van der Waals surface area contributed by atoms with Crippen LogP contribution in [0, 0.1) is 17.0 Å². The molecule has 0 saturated heterocycles. The fourth-order valence-electron chi connectivity index (χ4n) is 2.52. The SMILES string of the molecule is Cc1cccc2c(=O)n(C[C@@H](O)Cn3cc([N+](=O)[O-])cn3)cnc12. The molecule has 9 nitrogen and oxygen atoms in total. The first-order valence-electron chi connectivity index (χ1n) is 7.25. The Bertz CT molecular complexity index is 962. The zero-order valence-corrected chi connectivity index (χ0v) is 12.9. The van der Waals surface area contributed by atoms with Gasteiger partial charge in [-0.05, 0) is 18.6 Å². The molecule has 0 aliphatic rings. The van der Waals surface area contributed by atoms with Crippen molar-refractivity contribution in [1.29, 1.82) is 0 Å². The second-order valence-electron chi connectivity index (χ2n) is 5.50. The molecule has 0 amide bonds. The molecule has 2 aromatic heterocycles. The summed E-state index contributed by atoms with van der Waals surface area (Å²) in [6.45, 7) is 1.92. The van der Waals surface area contributed by atoms with E-state index in [9.17, 15) is 20.0 Å². The van der Waals surface area contributed by atoms with Crippen LogP contribution in [0.1, 0.15) is 5.56 Å². The number of aryl methyl sites for hydroxylation is 1. The zero-order chi connectivity index (χ0) is 17.3. The standard InChI is InChI=1S/C15H15N5O4/c1-10-3-2-4-13-14(10)16-9-18(15(13)22)7-12(21)8-19-6-11(5-17-19)20(23)24/h2-6,9,12,21H,7-8H2,1H3/t12-/m1/s1. The van der Waals surface area contributed by atoms with Crippen LogP contribution >= 0.6 is 0 Å². The molecule has 0 radical (unpaired) electrons. The first-order valence-corrected chi connectivity index (χ1v) is 7.25. The summed E-state index contributed by atoms with van der Waals surface area (Å²) >= 11 is 0. The fourth-order valence-corrected chi connectivity index (χ4v) is 2.52. The summed E-state index contributed by atoms with van der Waals surface area (Å²) in [4.78, 5) is 26.8. The number of aliphatic hydroxyl groups excluding tert-OH is 1. The number of aliphatic hydroxyl groups is 1. The van der Waals surface area contributed by atoms with E-state index in [0.29, 0.717) is 10.9 Å². The molecule has 0 fully saturated rings. The summed E-state index contributed by atoms with van der Waals surface area (Å²) < 4.78 is 2.59. The van der Waals surface area contributed by atoms with Gasteiger partial charge >= 0.3 is 5.69 Å². The van der Waals surface area contributed by atoms with Gasteiger partial charge in [0, 0.05) is 0 Å². The number of aromatic nitrogens is 4. The van der Waals surface area contributed by atoms with Crippen LogP contribution in [0.5, 0.6) is 0 Å². The Balaban J connectivity index is 1.80. The molecule has 0 bridgehead atoms. The minimum absolute atomic E-state index is 0.0172. The van der Waals surface area contributed by atoms with Crippen LogP contribution in [0.25, 0.3) is 10.9 Å². The molecular weight excluding hydrogens is 314 g/mol. The van der Waals surface area contributed by atoms with E-state index < -0.39 is 11.0 Å². The topological polar surface area (TPSA) is 116 Å². The fraction of sp³-hybridized carbons (Fsp3) is 0.267. The van der Waals surface area contributed by atoms with Crippen LogP contribution in [-0.4, -0.2) is 35.5 Å². The summed E-state index contributed by atoms with van der Waals surface area (Å²) in [6.07, 6.45) is 2.80. The second-order valence-corrected chi connectivity index (χ2v) is 5.50. The average Bonchev–Trinajstić information content (AvgIpc) is 2.99. The van der Waals surface area contributed by atoms with E-state index in [1.807, 2.05) is 13.0 Å². The molecule has 24 heavy (non-hydrogen) atoms. The molecule has 2 heterocycles. The van der Waals surface area contributed by atoms with Gasteiger partial charge in [-0.2, -0.15) is 5.10 Å². The lowest BCUT2D eigenvalue weighted by atomic mass is 10.1. The highest BCUT2D eigenvalue weighted by Gasteiger charge is 2.14. The molecule has 1 aromatic carbocycles. The van der Waals surface area contributed by atoms with E-state index in [2.05, 4.69) is 10.1 Å². The van der Waals surface area contributed by atoms with Crippen molar-refractivity contribution in [3.8, 4) is 0 Å². The largest absolute Gasteiger partial charge is 0.389 e. The van der Waals surface area contributed by atoms with Gasteiger partial charge in [-0.15, -0.1) is 0 Å². The van der Waals surface area contributed by atoms with E-state index in [-0.39, 0.29) is 24.3 Å². The molecule has 0 aliphatic heterocycles. The summed E-state index contributed by atoms with van der Waals surface area (Å²) in [5, 5.41) is 25.1. The Hall–Kier alpha value is -3.07. The van der Waals surface area contributed by atoms with Gasteiger partial charge in [0.15, 0.2) is 0 Å². The Morgan fingerprint density at radius 3 is 2.88 bits per heavy atom. The third kappa shape index (κ3) is 3.01. The number of benzene rings is 1. The normalized spacial score (nSPS) is 12.4. The number of nitrogens with zero attached hydrogens (tertiary/aromatic N) is 5. The number of hydrogen-bond acceptors (Lipinski definition) is 6. The van der Waals surface area contributed by atoms with E-state index in [4.69, 9.17) is 0 Å². The maximum absolute atomic E-state index is 12.5. The van der Waals surface area contributed by atoms with Crippen molar-refractivity contribution in [2.75, 3.05) is 0 Å². The number of rotatable bonds is 5. The van der Waals surface area contributed by atoms with E-state index >= 15 is 0 Å². The van der Waals surface area contributed by atoms with Crippen LogP contribution in [0.15, 0.2) is 41.7 Å². The van der Waals surface area contributed by atoms with Gasteiger partial charge in [-0.1, -0.05) is 12.1 Å². The molecule has 124 valence electrons. The molecular formula is C15H15N5O4. The Morgan fingerprint density at radius 1 is 1.38 bits per heavy atom. The predicted octanol–water partition coefficient (Wildman–Crippen LogP) is 0.871. The van der Waals surface area contributed by atoms with Gasteiger partial charge in [-0.25, -0.2) is 4.98 Å². The van der Waals surface area contributed by atoms with Crippen molar-refractivity contribution in [3.05, 3.63) is 63.0 Å². The summed E-state index contributed by atoms with van der Waals surface area (Å²) in [7, 11) is 0. The van der Waals surface area contributed by atoms with Gasteiger partial charge in [0.25, 0.3) is 5.56 Å². The summed E-state index contributed by atoms with van der Waals surface area (Å²) in [5.74, 6) is 0. The van der Waals surface area contributed by atoms with Crippen molar-refractivity contribution in [3.63, 3.8) is 0 Å². The first-order chi connectivity index (χ1) is 11.5. The average molecular weight is 329 g/mol. The highest BCUT2D eigenvalue weighted by molar-refractivity contribution is 5.80. The monoisotopic (exact) mass is 329 g/mol. The molecule has 1 atom stereocenters. The Labute approximate surface area is 135 Å². The maximum Gasteiger partial charge on any atom is 0.306 e. The quantitative estimate of drug-likeness (QED) is 0.548. The van der Waals surface area contributed by atoms with Crippen molar-refractivity contribution >= 4 is 16.6 Å². The molecule has 9 heteroatoms. The van der Waals surface area contributed by atoms with Crippen molar-refractivity contribution in [1.82, 2.24) is 19.3 Å². The smallest absolute Gasteiger partial charge is 0.306 e. The minimum atomic E-state index is -0.939. The van der Waals surface area contributed by atoms with Gasteiger partial charge in [0.05, 0.1) is 41.3 Å². The van der Waals surface area contributed by atoms with Gasteiger partial charge in [0.1, 0.15) is 12.4 Å². The van der Waals surface area contributed by atoms with Crippen molar-refractivity contribution < 1.29 is 10.0 Å². The third-order valence-electron chi connectivity index (χ3n) is 3.69. The van der Waals surface area contributed by atoms with E-state index in [1.54, 1.807) is 12.1 Å². The molecule has 0 spiro atoms. The van der Waals surface area contributed by atoms with Crippen LogP contribution in [-0.2, 0) is 13.1 Å². The highest BCUT2D eigenvalue weighted by Crippen LogP contribution is 2.12. The van der Waals surface area contributed by atoms with Gasteiger partial charge in [0.2, 0.25) is 0 Å². The first kappa shape index (κ1) is 15.8. The number of hydrogen-bond donors (Lipinski definition) is 1. The highest BCUT2D eigenvalue weighted by atomic mass is 16.6. The van der Waals surface area contributed by atoms with Gasteiger partial charge in [-0.3, -0.25) is 24.2 Å². The Kier molecular flexibility index (Phi) is 4.09. The van der Waals surface area contributed by atoms with Crippen LogP contribution < -0.4 is 5.56 Å². The molecule has 3 rings (SSSR count). The van der Waals surface area contributed by atoms with Crippen molar-refractivity contribution in [2.45, 2.75) is 26.1 Å². The van der Waals surface area contributed by atoms with Gasteiger partial charge < -0.3 is 5.11 Å². The lowest BCUT2D eigenvalue weighted by Gasteiger charge is -2.13.